The fourth-order valence-electron chi connectivity index (χ4n) is 3.16. The Bertz CT molecular complexity index is 1060. The summed E-state index contributed by atoms with van der Waals surface area (Å²) in [5, 5.41) is 0. The molecule has 0 unspecified atom stereocenters. The Morgan fingerprint density at radius 2 is 1.14 bits per heavy atom. The number of hydrogen-bond donors (Lipinski definition) is 2. The lowest BCUT2D eigenvalue weighted by Gasteiger charge is -2.19. The molecule has 0 spiro atoms. The third-order valence-corrected chi connectivity index (χ3v) is 8.37. The molecule has 0 aliphatic heterocycles. The molecule has 2 rings (SSSR count). The minimum absolute atomic E-state index is 0.115. The summed E-state index contributed by atoms with van der Waals surface area (Å²) in [5.41, 5.74) is 6.00. The molecule has 0 atom stereocenters. The summed E-state index contributed by atoms with van der Waals surface area (Å²) in [6.45, 7) is 9.68. The molecule has 0 amide bonds. The molecule has 8 heteroatoms. The summed E-state index contributed by atoms with van der Waals surface area (Å²) in [4.78, 5) is 0.338. The first-order chi connectivity index (χ1) is 12.9. The molecule has 2 aromatic carbocycles. The zero-order valence-electron chi connectivity index (χ0n) is 17.2. The summed E-state index contributed by atoms with van der Waals surface area (Å²) >= 11 is 0. The average molecular weight is 425 g/mol. The number of sulfonamides is 2. The summed E-state index contributed by atoms with van der Waals surface area (Å²) in [6, 6.07) is 6.84. The van der Waals surface area contributed by atoms with Crippen molar-refractivity contribution in [2.45, 2.75) is 51.8 Å². The summed E-state index contributed by atoms with van der Waals surface area (Å²) in [5.74, 6) is -0.115. The van der Waals surface area contributed by atoms with Crippen molar-refractivity contribution in [3.05, 3.63) is 63.2 Å². The highest BCUT2D eigenvalue weighted by molar-refractivity contribution is 7.89. The molecule has 0 aliphatic carbocycles. The zero-order chi connectivity index (χ0) is 21.3. The van der Waals surface area contributed by atoms with Crippen molar-refractivity contribution in [2.24, 2.45) is 0 Å². The van der Waals surface area contributed by atoms with Gasteiger partial charge in [0.25, 0.3) is 0 Å². The molecule has 28 heavy (non-hydrogen) atoms. The predicted octanol–water partition coefficient (Wildman–Crippen LogP) is 2.76. The van der Waals surface area contributed by atoms with Gasteiger partial charge in [0.15, 0.2) is 0 Å². The Kier molecular flexibility index (Phi) is 6.70. The second kappa shape index (κ2) is 8.32. The third-order valence-electron chi connectivity index (χ3n) is 5.36. The average Bonchev–Trinajstić information content (AvgIpc) is 2.64. The highest BCUT2D eigenvalue weighted by Crippen LogP contribution is 2.29. The molecule has 6 nitrogen and oxygen atoms in total. The van der Waals surface area contributed by atoms with E-state index in [4.69, 9.17) is 0 Å². The zero-order valence-corrected chi connectivity index (χ0v) is 18.8. The molecule has 154 valence electrons. The van der Waals surface area contributed by atoms with Crippen LogP contribution in [0.15, 0.2) is 29.2 Å². The summed E-state index contributed by atoms with van der Waals surface area (Å²) < 4.78 is 54.1. The van der Waals surface area contributed by atoms with Crippen LogP contribution in [0.1, 0.15) is 38.9 Å². The molecule has 0 radical (unpaired) electrons. The van der Waals surface area contributed by atoms with Crippen molar-refractivity contribution in [3.63, 3.8) is 0 Å². The van der Waals surface area contributed by atoms with Crippen LogP contribution >= 0.6 is 0 Å². The summed E-state index contributed by atoms with van der Waals surface area (Å²) in [7, 11) is -5.65. The van der Waals surface area contributed by atoms with E-state index in [-0.39, 0.29) is 12.3 Å². The van der Waals surface area contributed by atoms with Crippen LogP contribution < -0.4 is 9.44 Å². The van der Waals surface area contributed by atoms with Gasteiger partial charge in [0.05, 0.1) is 10.6 Å². The molecular weight excluding hydrogens is 396 g/mol. The molecule has 0 fully saturated rings. The normalized spacial score (nSPS) is 12.4. The second-order valence-corrected chi connectivity index (χ2v) is 10.7. The molecule has 0 aromatic heterocycles. The van der Waals surface area contributed by atoms with Gasteiger partial charge in [0, 0.05) is 6.54 Å². The Morgan fingerprint density at radius 3 is 1.61 bits per heavy atom. The van der Waals surface area contributed by atoms with Crippen LogP contribution in [0.25, 0.3) is 0 Å². The standard InChI is InChI=1S/C20H28N2O4S2/c1-13-14(2)16(4)20(17(5)15(13)3)28(25,26)22-11-18-7-9-19(10-8-18)12-27(23,24)21-6/h7-10,21-22H,11-12H2,1-6H3. The molecule has 0 aliphatic rings. The van der Waals surface area contributed by atoms with Crippen LogP contribution in [0.4, 0.5) is 0 Å². The number of rotatable bonds is 7. The van der Waals surface area contributed by atoms with Crippen molar-refractivity contribution in [1.82, 2.24) is 9.44 Å². The van der Waals surface area contributed by atoms with Crippen LogP contribution in [0.5, 0.6) is 0 Å². The van der Waals surface area contributed by atoms with Gasteiger partial charge < -0.3 is 0 Å². The van der Waals surface area contributed by atoms with Gasteiger partial charge in [-0.05, 0) is 80.6 Å². The monoisotopic (exact) mass is 424 g/mol. The fourth-order valence-corrected chi connectivity index (χ4v) is 5.55. The van der Waals surface area contributed by atoms with Gasteiger partial charge in [-0.15, -0.1) is 0 Å². The first-order valence-electron chi connectivity index (χ1n) is 8.95. The maximum absolute atomic E-state index is 13.0. The number of hydrogen-bond acceptors (Lipinski definition) is 4. The quantitative estimate of drug-likeness (QED) is 0.715. The lowest BCUT2D eigenvalue weighted by atomic mass is 9.95. The molecule has 0 heterocycles. The van der Waals surface area contributed by atoms with Gasteiger partial charge in [0.1, 0.15) is 0 Å². The highest BCUT2D eigenvalue weighted by Gasteiger charge is 2.23. The Balaban J connectivity index is 2.23. The largest absolute Gasteiger partial charge is 0.241 e. The van der Waals surface area contributed by atoms with Gasteiger partial charge in [-0.3, -0.25) is 0 Å². The minimum atomic E-state index is -3.68. The van der Waals surface area contributed by atoms with Crippen LogP contribution in [0.2, 0.25) is 0 Å². The maximum atomic E-state index is 13.0. The SMILES string of the molecule is CNS(=O)(=O)Cc1ccc(CNS(=O)(=O)c2c(C)c(C)c(C)c(C)c2C)cc1. The van der Waals surface area contributed by atoms with Gasteiger partial charge in [-0.1, -0.05) is 24.3 Å². The first-order valence-corrected chi connectivity index (χ1v) is 12.1. The van der Waals surface area contributed by atoms with Crippen molar-refractivity contribution in [1.29, 1.82) is 0 Å². The molecule has 0 bridgehead atoms. The lowest BCUT2D eigenvalue weighted by Crippen LogP contribution is -2.25. The van der Waals surface area contributed by atoms with E-state index in [9.17, 15) is 16.8 Å². The van der Waals surface area contributed by atoms with E-state index < -0.39 is 20.0 Å². The van der Waals surface area contributed by atoms with E-state index in [0.717, 1.165) is 33.4 Å². The number of nitrogens with one attached hydrogen (secondary N) is 2. The number of benzene rings is 2. The van der Waals surface area contributed by atoms with E-state index in [1.165, 1.54) is 7.05 Å². The van der Waals surface area contributed by atoms with Gasteiger partial charge in [-0.25, -0.2) is 26.3 Å². The van der Waals surface area contributed by atoms with Gasteiger partial charge in [0.2, 0.25) is 20.0 Å². The predicted molar refractivity (Wildman–Crippen MR) is 112 cm³/mol. The van der Waals surface area contributed by atoms with E-state index in [2.05, 4.69) is 9.44 Å². The van der Waals surface area contributed by atoms with Crippen molar-refractivity contribution in [2.75, 3.05) is 7.05 Å². The van der Waals surface area contributed by atoms with E-state index in [0.29, 0.717) is 10.5 Å². The third kappa shape index (κ3) is 4.81. The molecule has 0 saturated heterocycles. The Hall–Kier alpha value is -1.74. The topological polar surface area (TPSA) is 92.3 Å². The van der Waals surface area contributed by atoms with Crippen LogP contribution in [0, 0.1) is 34.6 Å². The summed E-state index contributed by atoms with van der Waals surface area (Å²) in [6.07, 6.45) is 0. The van der Waals surface area contributed by atoms with Crippen molar-refractivity contribution >= 4 is 20.0 Å². The molecular formula is C20H28N2O4S2. The molecule has 2 N–H and O–H groups in total. The Morgan fingerprint density at radius 1 is 0.714 bits per heavy atom. The first kappa shape index (κ1) is 22.5. The maximum Gasteiger partial charge on any atom is 0.241 e. The van der Waals surface area contributed by atoms with E-state index in [1.54, 1.807) is 24.3 Å². The van der Waals surface area contributed by atoms with Crippen molar-refractivity contribution in [3.8, 4) is 0 Å². The van der Waals surface area contributed by atoms with Crippen LogP contribution in [0.3, 0.4) is 0 Å². The van der Waals surface area contributed by atoms with Gasteiger partial charge in [-0.2, -0.15) is 0 Å². The highest BCUT2D eigenvalue weighted by atomic mass is 32.2. The van der Waals surface area contributed by atoms with Gasteiger partial charge >= 0.3 is 0 Å². The molecule has 0 saturated carbocycles. The van der Waals surface area contributed by atoms with E-state index in [1.807, 2.05) is 34.6 Å². The minimum Gasteiger partial charge on any atom is -0.218 e. The van der Waals surface area contributed by atoms with Crippen LogP contribution in [-0.2, 0) is 32.3 Å². The van der Waals surface area contributed by atoms with Crippen molar-refractivity contribution < 1.29 is 16.8 Å². The molecule has 2 aromatic rings. The smallest absolute Gasteiger partial charge is 0.218 e. The lowest BCUT2D eigenvalue weighted by molar-refractivity contribution is 0.579. The Labute approximate surface area is 168 Å². The van der Waals surface area contributed by atoms with E-state index >= 15 is 0 Å². The second-order valence-electron chi connectivity index (χ2n) is 7.06. The fraction of sp³-hybridized carbons (Fsp3) is 0.400. The van der Waals surface area contributed by atoms with Crippen LogP contribution in [-0.4, -0.2) is 23.9 Å².